The normalized spacial score (nSPS) is 14.8. The van der Waals surface area contributed by atoms with Crippen LogP contribution in [-0.4, -0.2) is 33.9 Å². The summed E-state index contributed by atoms with van der Waals surface area (Å²) in [7, 11) is -3.65. The fourth-order valence-corrected chi connectivity index (χ4v) is 3.05. The van der Waals surface area contributed by atoms with Gasteiger partial charge < -0.3 is 10.1 Å². The highest BCUT2D eigenvalue weighted by Gasteiger charge is 2.16. The summed E-state index contributed by atoms with van der Waals surface area (Å²) in [6, 6.07) is 3.31. The van der Waals surface area contributed by atoms with Gasteiger partial charge in [0.2, 0.25) is 10.0 Å². The van der Waals surface area contributed by atoms with Gasteiger partial charge in [-0.15, -0.1) is 0 Å². The third kappa shape index (κ3) is 3.84. The van der Waals surface area contributed by atoms with Crippen LogP contribution < -0.4 is 15.2 Å². The number of rotatable bonds is 5. The summed E-state index contributed by atoms with van der Waals surface area (Å²) >= 11 is 6.02. The van der Waals surface area contributed by atoms with E-state index < -0.39 is 10.0 Å². The van der Waals surface area contributed by atoms with Crippen LogP contribution in [0.4, 0.5) is 0 Å². The molecule has 0 unspecified atom stereocenters. The largest absolute Gasteiger partial charge is 0.485 e. The molecule has 0 saturated carbocycles. The molecule has 0 saturated heterocycles. The summed E-state index contributed by atoms with van der Waals surface area (Å²) in [6.07, 6.45) is 0. The average molecular weight is 318 g/mol. The van der Waals surface area contributed by atoms with E-state index in [0.29, 0.717) is 28.5 Å². The van der Waals surface area contributed by atoms with E-state index in [4.69, 9.17) is 21.5 Å². The van der Waals surface area contributed by atoms with Crippen molar-refractivity contribution in [1.29, 1.82) is 0 Å². The molecule has 1 aliphatic heterocycles. The molecule has 1 heterocycles. The van der Waals surface area contributed by atoms with Gasteiger partial charge >= 0.3 is 0 Å². The molecule has 0 amide bonds. The zero-order chi connectivity index (χ0) is 14.8. The third-order valence-corrected chi connectivity index (χ3v) is 3.99. The zero-order valence-electron chi connectivity index (χ0n) is 11.0. The number of hydrogen-bond acceptors (Lipinski definition) is 5. The van der Waals surface area contributed by atoms with Crippen LogP contribution in [0.5, 0.6) is 5.75 Å². The van der Waals surface area contributed by atoms with Crippen LogP contribution in [0.3, 0.4) is 0 Å². The van der Waals surface area contributed by atoms with Gasteiger partial charge in [-0.1, -0.05) is 11.6 Å². The Labute approximate surface area is 123 Å². The number of sulfonamides is 1. The Kier molecular flexibility index (Phi) is 4.52. The first-order valence-corrected chi connectivity index (χ1v) is 8.14. The summed E-state index contributed by atoms with van der Waals surface area (Å²) in [5.41, 5.74) is 1.14. The predicted molar refractivity (Wildman–Crippen MR) is 78.8 cm³/mol. The van der Waals surface area contributed by atoms with Gasteiger partial charge in [-0.3, -0.25) is 4.99 Å². The van der Waals surface area contributed by atoms with Gasteiger partial charge in [-0.25, -0.2) is 13.6 Å². The van der Waals surface area contributed by atoms with Crippen molar-refractivity contribution in [3.63, 3.8) is 0 Å². The molecule has 110 valence electrons. The molecule has 0 radical (unpaired) electrons. The van der Waals surface area contributed by atoms with Crippen LogP contribution >= 0.6 is 11.6 Å². The van der Waals surface area contributed by atoms with E-state index in [1.165, 1.54) is 0 Å². The van der Waals surface area contributed by atoms with Crippen LogP contribution in [0.2, 0.25) is 5.02 Å². The Morgan fingerprint density at radius 1 is 1.50 bits per heavy atom. The number of aliphatic imine (C=N–C) groups is 1. The topological polar surface area (TPSA) is 93.8 Å². The van der Waals surface area contributed by atoms with Crippen molar-refractivity contribution in [2.75, 3.05) is 19.7 Å². The molecule has 2 rings (SSSR count). The van der Waals surface area contributed by atoms with Gasteiger partial charge in [0.25, 0.3) is 0 Å². The quantitative estimate of drug-likeness (QED) is 0.840. The summed E-state index contributed by atoms with van der Waals surface area (Å²) in [4.78, 5) is 4.22. The van der Waals surface area contributed by atoms with E-state index in [1.807, 2.05) is 0 Å². The van der Waals surface area contributed by atoms with E-state index in [9.17, 15) is 8.42 Å². The van der Waals surface area contributed by atoms with Gasteiger partial charge in [0.1, 0.15) is 18.2 Å². The first-order valence-electron chi connectivity index (χ1n) is 6.05. The minimum atomic E-state index is -3.65. The molecule has 0 fully saturated rings. The lowest BCUT2D eigenvalue weighted by atomic mass is 10.1. The summed E-state index contributed by atoms with van der Waals surface area (Å²) in [5, 5.41) is 8.53. The standard InChI is InChI=1S/C12H16ClN3O3S/c1-8-9(7-20(14,17)18)10(13)2-3-11(8)19-6-12-15-4-5-16-12/h2-3H,4-7H2,1H3,(H,15,16)(H2,14,17,18). The lowest BCUT2D eigenvalue weighted by Gasteiger charge is -2.14. The molecule has 0 aliphatic carbocycles. The predicted octanol–water partition coefficient (Wildman–Crippen LogP) is 0.817. The Balaban J connectivity index is 2.19. The van der Waals surface area contributed by atoms with Gasteiger partial charge in [-0.2, -0.15) is 0 Å². The summed E-state index contributed by atoms with van der Waals surface area (Å²) in [5.74, 6) is 1.05. The Hall–Kier alpha value is -1.31. The van der Waals surface area contributed by atoms with Gasteiger partial charge in [0, 0.05) is 11.6 Å². The number of hydrogen-bond donors (Lipinski definition) is 2. The van der Waals surface area contributed by atoms with Crippen molar-refractivity contribution >= 4 is 27.5 Å². The molecule has 0 aromatic heterocycles. The summed E-state index contributed by atoms with van der Waals surface area (Å²) < 4.78 is 28.1. The molecule has 0 spiro atoms. The van der Waals surface area contributed by atoms with Crippen LogP contribution in [0.15, 0.2) is 17.1 Å². The number of nitrogens with zero attached hydrogens (tertiary/aromatic N) is 1. The SMILES string of the molecule is Cc1c(OCC2=NCCN2)ccc(Cl)c1CS(N)(=O)=O. The van der Waals surface area contributed by atoms with E-state index in [2.05, 4.69) is 10.3 Å². The maximum Gasteiger partial charge on any atom is 0.213 e. The number of amidine groups is 1. The fourth-order valence-electron chi connectivity index (χ4n) is 1.93. The number of nitrogens with two attached hydrogens (primary N) is 1. The first kappa shape index (κ1) is 15.1. The molecule has 0 bridgehead atoms. The van der Waals surface area contributed by atoms with E-state index in [1.54, 1.807) is 19.1 Å². The number of nitrogens with one attached hydrogen (secondary N) is 1. The second-order valence-electron chi connectivity index (χ2n) is 4.50. The molecule has 1 aliphatic rings. The number of benzene rings is 1. The van der Waals surface area contributed by atoms with Crippen LogP contribution in [0, 0.1) is 6.92 Å². The van der Waals surface area contributed by atoms with Crippen molar-refractivity contribution in [3.8, 4) is 5.75 Å². The number of halogens is 1. The van der Waals surface area contributed by atoms with Crippen molar-refractivity contribution < 1.29 is 13.2 Å². The molecule has 0 atom stereocenters. The number of ether oxygens (including phenoxy) is 1. The fraction of sp³-hybridized carbons (Fsp3) is 0.417. The van der Waals surface area contributed by atoms with Crippen molar-refractivity contribution in [1.82, 2.24) is 5.32 Å². The second kappa shape index (κ2) is 5.99. The van der Waals surface area contributed by atoms with E-state index in [0.717, 1.165) is 18.9 Å². The Morgan fingerprint density at radius 3 is 2.85 bits per heavy atom. The monoisotopic (exact) mass is 317 g/mol. The van der Waals surface area contributed by atoms with Crippen molar-refractivity contribution in [3.05, 3.63) is 28.3 Å². The highest BCUT2D eigenvalue weighted by Crippen LogP contribution is 2.29. The molecular weight excluding hydrogens is 302 g/mol. The van der Waals surface area contributed by atoms with E-state index in [-0.39, 0.29) is 5.75 Å². The molecule has 1 aromatic rings. The molecule has 6 nitrogen and oxygen atoms in total. The Bertz CT molecular complexity index is 644. The van der Waals surface area contributed by atoms with Gasteiger partial charge in [0.05, 0.1) is 12.3 Å². The minimum Gasteiger partial charge on any atom is -0.485 e. The van der Waals surface area contributed by atoms with Gasteiger partial charge in [-0.05, 0) is 30.2 Å². The third-order valence-electron chi connectivity index (χ3n) is 2.95. The minimum absolute atomic E-state index is 0.311. The van der Waals surface area contributed by atoms with Crippen LogP contribution in [0.25, 0.3) is 0 Å². The van der Waals surface area contributed by atoms with Gasteiger partial charge in [0.15, 0.2) is 0 Å². The highest BCUT2D eigenvalue weighted by molar-refractivity contribution is 7.88. The van der Waals surface area contributed by atoms with Crippen LogP contribution in [0.1, 0.15) is 11.1 Å². The molecule has 1 aromatic carbocycles. The summed E-state index contributed by atoms with van der Waals surface area (Å²) in [6.45, 7) is 3.63. The van der Waals surface area contributed by atoms with Crippen LogP contribution in [-0.2, 0) is 15.8 Å². The molecular formula is C12H16ClN3O3S. The van der Waals surface area contributed by atoms with E-state index >= 15 is 0 Å². The second-order valence-corrected chi connectivity index (χ2v) is 6.52. The zero-order valence-corrected chi connectivity index (χ0v) is 12.6. The maximum absolute atomic E-state index is 11.2. The maximum atomic E-state index is 11.2. The first-order chi connectivity index (χ1) is 9.37. The van der Waals surface area contributed by atoms with Crippen molar-refractivity contribution in [2.45, 2.75) is 12.7 Å². The molecule has 8 heteroatoms. The number of primary sulfonamides is 1. The lowest BCUT2D eigenvalue weighted by Crippen LogP contribution is -2.25. The Morgan fingerprint density at radius 2 is 2.25 bits per heavy atom. The molecule has 3 N–H and O–H groups in total. The smallest absolute Gasteiger partial charge is 0.213 e. The average Bonchev–Trinajstić information content (AvgIpc) is 2.85. The highest BCUT2D eigenvalue weighted by atomic mass is 35.5. The van der Waals surface area contributed by atoms with Crippen molar-refractivity contribution in [2.24, 2.45) is 10.1 Å². The lowest BCUT2D eigenvalue weighted by molar-refractivity contribution is 0.370. The molecule has 20 heavy (non-hydrogen) atoms.